The summed E-state index contributed by atoms with van der Waals surface area (Å²) in [4.78, 5) is 33.8. The number of aromatic amines is 1. The second-order valence-electron chi connectivity index (χ2n) is 7.04. The lowest BCUT2D eigenvalue weighted by Gasteiger charge is -2.22. The van der Waals surface area contributed by atoms with Crippen LogP contribution in [0.4, 0.5) is 0 Å². The second-order valence-corrected chi connectivity index (χ2v) is 7.48. The van der Waals surface area contributed by atoms with Crippen LogP contribution in [0.5, 0.6) is 0 Å². The minimum Gasteiger partial charge on any atom is -0.357 e. The maximum atomic E-state index is 12.4. The normalized spacial score (nSPS) is 16.6. The molecule has 1 amide bonds. The van der Waals surface area contributed by atoms with Crippen LogP contribution in [0, 0.1) is 0 Å². The third-order valence-corrected chi connectivity index (χ3v) is 5.02. The SMILES string of the molecule is CN(C)C(=O)CN1CCCN(Cc2cc(=O)c3cc(Cl)ccc3[nH]2)CC1. The van der Waals surface area contributed by atoms with Gasteiger partial charge in [-0.25, -0.2) is 0 Å². The van der Waals surface area contributed by atoms with E-state index in [0.717, 1.165) is 43.8 Å². The molecule has 6 nitrogen and oxygen atoms in total. The number of benzene rings is 1. The van der Waals surface area contributed by atoms with Gasteiger partial charge in [-0.05, 0) is 37.7 Å². The van der Waals surface area contributed by atoms with Crippen LogP contribution in [0.15, 0.2) is 29.1 Å². The Balaban J connectivity index is 1.66. The van der Waals surface area contributed by atoms with E-state index in [2.05, 4.69) is 14.8 Å². The van der Waals surface area contributed by atoms with Crippen molar-refractivity contribution in [3.63, 3.8) is 0 Å². The van der Waals surface area contributed by atoms with Crippen molar-refractivity contribution in [3.05, 3.63) is 45.2 Å². The number of H-pyrrole nitrogens is 1. The number of nitrogens with zero attached hydrogens (tertiary/aromatic N) is 3. The summed E-state index contributed by atoms with van der Waals surface area (Å²) >= 11 is 5.98. The van der Waals surface area contributed by atoms with Gasteiger partial charge in [0.05, 0.1) is 6.54 Å². The molecule has 140 valence electrons. The number of fused-ring (bicyclic) bond motifs is 1. The summed E-state index contributed by atoms with van der Waals surface area (Å²) in [6.45, 7) is 4.77. The van der Waals surface area contributed by atoms with Crippen molar-refractivity contribution < 1.29 is 4.79 Å². The van der Waals surface area contributed by atoms with Gasteiger partial charge in [0.2, 0.25) is 5.91 Å². The zero-order valence-electron chi connectivity index (χ0n) is 15.3. The zero-order chi connectivity index (χ0) is 18.7. The number of likely N-dealkylation sites (N-methyl/N-ethyl adjacent to an activating group) is 1. The average molecular weight is 377 g/mol. The lowest BCUT2D eigenvalue weighted by molar-refractivity contribution is -0.129. The van der Waals surface area contributed by atoms with Crippen molar-refractivity contribution in [2.75, 3.05) is 46.8 Å². The average Bonchev–Trinajstić information content (AvgIpc) is 2.81. The third kappa shape index (κ3) is 4.63. The van der Waals surface area contributed by atoms with Crippen LogP contribution < -0.4 is 5.43 Å². The van der Waals surface area contributed by atoms with Gasteiger partial charge in [-0.1, -0.05) is 11.6 Å². The molecular weight excluding hydrogens is 352 g/mol. The summed E-state index contributed by atoms with van der Waals surface area (Å²) in [5, 5.41) is 1.18. The number of rotatable bonds is 4. The Kier molecular flexibility index (Phi) is 5.96. The molecule has 0 aliphatic carbocycles. The quantitative estimate of drug-likeness (QED) is 0.883. The fourth-order valence-corrected chi connectivity index (χ4v) is 3.45. The number of hydrogen-bond donors (Lipinski definition) is 1. The topological polar surface area (TPSA) is 59.7 Å². The molecule has 0 bridgehead atoms. The molecule has 2 aromatic rings. The standard InChI is InChI=1S/C19H25ClN4O2/c1-22(2)19(26)13-24-7-3-6-23(8-9-24)12-15-11-18(25)16-10-14(20)4-5-17(16)21-15/h4-5,10-11H,3,6-9,12-13H2,1-2H3,(H,21,25). The zero-order valence-corrected chi connectivity index (χ0v) is 16.1. The van der Waals surface area contributed by atoms with Gasteiger partial charge in [-0.15, -0.1) is 0 Å². The Labute approximate surface area is 158 Å². The summed E-state index contributed by atoms with van der Waals surface area (Å²) in [5.41, 5.74) is 1.71. The van der Waals surface area contributed by atoms with Gasteiger partial charge < -0.3 is 9.88 Å². The van der Waals surface area contributed by atoms with E-state index >= 15 is 0 Å². The molecule has 1 saturated heterocycles. The van der Waals surface area contributed by atoms with Crippen LogP contribution in [0.3, 0.4) is 0 Å². The molecule has 1 aromatic carbocycles. The highest BCUT2D eigenvalue weighted by Gasteiger charge is 2.18. The largest absolute Gasteiger partial charge is 0.357 e. The summed E-state index contributed by atoms with van der Waals surface area (Å²) in [7, 11) is 3.57. The Bertz CT molecular complexity index is 849. The van der Waals surface area contributed by atoms with Crippen molar-refractivity contribution in [2.45, 2.75) is 13.0 Å². The summed E-state index contributed by atoms with van der Waals surface area (Å²) < 4.78 is 0. The van der Waals surface area contributed by atoms with Crippen molar-refractivity contribution in [3.8, 4) is 0 Å². The Morgan fingerprint density at radius 2 is 1.88 bits per heavy atom. The number of pyridine rings is 1. The van der Waals surface area contributed by atoms with Gasteiger partial charge in [-0.2, -0.15) is 0 Å². The molecule has 1 aliphatic heterocycles. The fourth-order valence-electron chi connectivity index (χ4n) is 3.27. The van der Waals surface area contributed by atoms with Gasteiger partial charge in [0.1, 0.15) is 0 Å². The smallest absolute Gasteiger partial charge is 0.236 e. The van der Waals surface area contributed by atoms with Gasteiger partial charge >= 0.3 is 0 Å². The lowest BCUT2D eigenvalue weighted by atomic mass is 10.2. The molecule has 1 aromatic heterocycles. The van der Waals surface area contributed by atoms with E-state index < -0.39 is 0 Å². The molecule has 0 saturated carbocycles. The number of aromatic nitrogens is 1. The Hall–Kier alpha value is -1.89. The molecule has 1 aliphatic rings. The maximum absolute atomic E-state index is 12.4. The highest BCUT2D eigenvalue weighted by Crippen LogP contribution is 2.16. The minimum atomic E-state index is -0.00993. The van der Waals surface area contributed by atoms with Crippen LogP contribution in [-0.2, 0) is 11.3 Å². The molecule has 0 atom stereocenters. The maximum Gasteiger partial charge on any atom is 0.236 e. The number of halogens is 1. The molecule has 7 heteroatoms. The Morgan fingerprint density at radius 1 is 1.15 bits per heavy atom. The van der Waals surface area contributed by atoms with E-state index in [1.807, 2.05) is 6.07 Å². The first-order chi connectivity index (χ1) is 12.4. The van der Waals surface area contributed by atoms with Gasteiger partial charge in [0.15, 0.2) is 5.43 Å². The van der Waals surface area contributed by atoms with E-state index in [-0.39, 0.29) is 11.3 Å². The first-order valence-electron chi connectivity index (χ1n) is 8.89. The van der Waals surface area contributed by atoms with E-state index in [0.29, 0.717) is 23.5 Å². The predicted octanol–water partition coefficient (Wildman–Crippen LogP) is 1.78. The molecule has 26 heavy (non-hydrogen) atoms. The Morgan fingerprint density at radius 3 is 2.65 bits per heavy atom. The van der Waals surface area contributed by atoms with Gasteiger partial charge in [0, 0.05) is 61.4 Å². The number of carbonyl (C=O) groups excluding carboxylic acids is 1. The highest BCUT2D eigenvalue weighted by atomic mass is 35.5. The monoisotopic (exact) mass is 376 g/mol. The number of hydrogen-bond acceptors (Lipinski definition) is 4. The summed E-state index contributed by atoms with van der Waals surface area (Å²) in [6.07, 6.45) is 1.01. The summed E-state index contributed by atoms with van der Waals surface area (Å²) in [5.74, 6) is 0.135. The molecule has 2 heterocycles. The van der Waals surface area contributed by atoms with Gasteiger partial charge in [0.25, 0.3) is 0 Å². The number of carbonyl (C=O) groups is 1. The van der Waals surface area contributed by atoms with Crippen molar-refractivity contribution in [1.82, 2.24) is 19.7 Å². The van der Waals surface area contributed by atoms with Crippen molar-refractivity contribution in [1.29, 1.82) is 0 Å². The number of amides is 1. The van der Waals surface area contributed by atoms with Crippen LogP contribution in [-0.4, -0.2) is 72.4 Å². The first kappa shape index (κ1) is 18.9. The van der Waals surface area contributed by atoms with Crippen LogP contribution >= 0.6 is 11.6 Å². The van der Waals surface area contributed by atoms with Crippen molar-refractivity contribution >= 4 is 28.4 Å². The molecule has 1 N–H and O–H groups in total. The molecule has 0 spiro atoms. The fraction of sp³-hybridized carbons (Fsp3) is 0.474. The molecule has 0 radical (unpaired) electrons. The first-order valence-corrected chi connectivity index (χ1v) is 9.26. The molecular formula is C19H25ClN4O2. The molecule has 3 rings (SSSR count). The van der Waals surface area contributed by atoms with E-state index in [9.17, 15) is 9.59 Å². The van der Waals surface area contributed by atoms with Crippen LogP contribution in [0.1, 0.15) is 12.1 Å². The van der Waals surface area contributed by atoms with Gasteiger partial charge in [-0.3, -0.25) is 19.4 Å². The van der Waals surface area contributed by atoms with E-state index in [4.69, 9.17) is 11.6 Å². The van der Waals surface area contributed by atoms with Crippen molar-refractivity contribution in [2.24, 2.45) is 0 Å². The third-order valence-electron chi connectivity index (χ3n) is 4.78. The second kappa shape index (κ2) is 8.20. The van der Waals surface area contributed by atoms with Crippen LogP contribution in [0.25, 0.3) is 10.9 Å². The van der Waals surface area contributed by atoms with E-state index in [1.165, 1.54) is 0 Å². The highest BCUT2D eigenvalue weighted by molar-refractivity contribution is 6.31. The van der Waals surface area contributed by atoms with E-state index in [1.54, 1.807) is 37.2 Å². The molecule has 1 fully saturated rings. The molecule has 0 unspecified atom stereocenters. The van der Waals surface area contributed by atoms with Crippen LogP contribution in [0.2, 0.25) is 5.02 Å². The summed E-state index contributed by atoms with van der Waals surface area (Å²) in [6, 6.07) is 7.00. The number of nitrogens with one attached hydrogen (secondary N) is 1. The minimum absolute atomic E-state index is 0.00993. The lowest BCUT2D eigenvalue weighted by Crippen LogP contribution is -2.38. The predicted molar refractivity (Wildman–Crippen MR) is 105 cm³/mol.